The lowest BCUT2D eigenvalue weighted by molar-refractivity contribution is -0.142. The standard InChI is InChI=1S/C16H17FN2O4/c17-12-3-1-11(2-4-12)15-7-14(23-18-15)10-19-5-6-22-13(9-19)8-16(20)21/h1-4,7,13H,5-6,8-10H2,(H,20,21). The minimum Gasteiger partial charge on any atom is -0.481 e. The van der Waals surface area contributed by atoms with Crippen LogP contribution in [0.2, 0.25) is 0 Å². The van der Waals surface area contributed by atoms with Crippen LogP contribution >= 0.6 is 0 Å². The van der Waals surface area contributed by atoms with Crippen molar-refractivity contribution in [2.75, 3.05) is 19.7 Å². The zero-order valence-electron chi connectivity index (χ0n) is 12.4. The lowest BCUT2D eigenvalue weighted by atomic mass is 10.1. The molecule has 1 fully saturated rings. The highest BCUT2D eigenvalue weighted by atomic mass is 19.1. The highest BCUT2D eigenvalue weighted by Crippen LogP contribution is 2.21. The van der Waals surface area contributed by atoms with Crippen LogP contribution in [0.4, 0.5) is 4.39 Å². The Bertz CT molecular complexity index is 671. The summed E-state index contributed by atoms with van der Waals surface area (Å²) in [6.45, 7) is 2.28. The maximum atomic E-state index is 12.9. The van der Waals surface area contributed by atoms with E-state index in [0.29, 0.717) is 37.7 Å². The maximum absolute atomic E-state index is 12.9. The van der Waals surface area contributed by atoms with Crippen molar-refractivity contribution in [3.63, 3.8) is 0 Å². The van der Waals surface area contributed by atoms with E-state index in [4.69, 9.17) is 14.4 Å². The number of aliphatic carboxylic acids is 1. The van der Waals surface area contributed by atoms with Gasteiger partial charge in [-0.3, -0.25) is 9.69 Å². The van der Waals surface area contributed by atoms with Crippen LogP contribution in [0.25, 0.3) is 11.3 Å². The Morgan fingerprint density at radius 1 is 1.39 bits per heavy atom. The van der Waals surface area contributed by atoms with Gasteiger partial charge in [0.15, 0.2) is 5.76 Å². The topological polar surface area (TPSA) is 75.8 Å². The molecule has 6 nitrogen and oxygen atoms in total. The molecule has 0 aliphatic carbocycles. The van der Waals surface area contributed by atoms with Crippen LogP contribution in [0.15, 0.2) is 34.9 Å². The fourth-order valence-corrected chi connectivity index (χ4v) is 2.61. The zero-order valence-corrected chi connectivity index (χ0v) is 12.4. The van der Waals surface area contributed by atoms with Crippen LogP contribution in [0, 0.1) is 5.82 Å². The first-order valence-corrected chi connectivity index (χ1v) is 7.37. The van der Waals surface area contributed by atoms with E-state index in [-0.39, 0.29) is 18.3 Å². The van der Waals surface area contributed by atoms with Gasteiger partial charge in [-0.15, -0.1) is 0 Å². The molecule has 0 bridgehead atoms. The van der Waals surface area contributed by atoms with E-state index >= 15 is 0 Å². The van der Waals surface area contributed by atoms with Gasteiger partial charge in [0.25, 0.3) is 0 Å². The second-order valence-corrected chi connectivity index (χ2v) is 5.51. The molecule has 122 valence electrons. The third-order valence-corrected chi connectivity index (χ3v) is 3.70. The average molecular weight is 320 g/mol. The van der Waals surface area contributed by atoms with Crippen molar-refractivity contribution in [2.45, 2.75) is 19.1 Å². The number of morpholine rings is 1. The summed E-state index contributed by atoms with van der Waals surface area (Å²) in [6.07, 6.45) is -0.311. The molecule has 3 rings (SSSR count). The normalized spacial score (nSPS) is 18.9. The van der Waals surface area contributed by atoms with Crippen LogP contribution in [0.1, 0.15) is 12.2 Å². The number of carbonyl (C=O) groups is 1. The average Bonchev–Trinajstić information content (AvgIpc) is 2.96. The first-order valence-electron chi connectivity index (χ1n) is 7.37. The van der Waals surface area contributed by atoms with Crippen LogP contribution in [-0.4, -0.2) is 46.9 Å². The molecule has 1 aromatic heterocycles. The van der Waals surface area contributed by atoms with E-state index in [1.807, 2.05) is 6.07 Å². The molecule has 0 spiro atoms. The zero-order chi connectivity index (χ0) is 16.2. The summed E-state index contributed by atoms with van der Waals surface area (Å²) < 4.78 is 23.7. The van der Waals surface area contributed by atoms with E-state index in [0.717, 1.165) is 5.56 Å². The molecule has 23 heavy (non-hydrogen) atoms. The second-order valence-electron chi connectivity index (χ2n) is 5.51. The van der Waals surface area contributed by atoms with E-state index in [1.54, 1.807) is 12.1 Å². The molecule has 2 heterocycles. The maximum Gasteiger partial charge on any atom is 0.306 e. The van der Waals surface area contributed by atoms with Crippen molar-refractivity contribution in [1.82, 2.24) is 10.1 Å². The number of benzene rings is 1. The minimum absolute atomic E-state index is 0.00622. The lowest BCUT2D eigenvalue weighted by Crippen LogP contribution is -2.42. The monoisotopic (exact) mass is 320 g/mol. The summed E-state index contributed by atoms with van der Waals surface area (Å²) in [5.74, 6) is -0.481. The fourth-order valence-electron chi connectivity index (χ4n) is 2.61. The molecule has 0 amide bonds. The Morgan fingerprint density at radius 2 is 2.17 bits per heavy atom. The van der Waals surface area contributed by atoms with Gasteiger partial charge in [-0.05, 0) is 24.3 Å². The van der Waals surface area contributed by atoms with Crippen LogP contribution < -0.4 is 0 Å². The number of carboxylic acids is 1. The molecule has 1 aliphatic rings. The van der Waals surface area contributed by atoms with Crippen molar-refractivity contribution >= 4 is 5.97 Å². The summed E-state index contributed by atoms with van der Waals surface area (Å²) in [5, 5.41) is 12.8. The number of halogens is 1. The van der Waals surface area contributed by atoms with Crippen molar-refractivity contribution < 1.29 is 23.6 Å². The fraction of sp³-hybridized carbons (Fsp3) is 0.375. The van der Waals surface area contributed by atoms with E-state index in [9.17, 15) is 9.18 Å². The summed E-state index contributed by atoms with van der Waals surface area (Å²) in [4.78, 5) is 12.8. The molecule has 1 N–H and O–H groups in total. The van der Waals surface area contributed by atoms with E-state index in [2.05, 4.69) is 10.1 Å². The minimum atomic E-state index is -0.866. The second kappa shape index (κ2) is 6.89. The van der Waals surface area contributed by atoms with Gasteiger partial charge < -0.3 is 14.4 Å². The lowest BCUT2D eigenvalue weighted by Gasteiger charge is -2.31. The van der Waals surface area contributed by atoms with E-state index < -0.39 is 5.97 Å². The highest BCUT2D eigenvalue weighted by Gasteiger charge is 2.23. The Morgan fingerprint density at radius 3 is 2.91 bits per heavy atom. The first-order chi connectivity index (χ1) is 11.1. The van der Waals surface area contributed by atoms with Crippen molar-refractivity contribution in [2.24, 2.45) is 0 Å². The number of hydrogen-bond acceptors (Lipinski definition) is 5. The molecule has 7 heteroatoms. The predicted molar refractivity (Wildman–Crippen MR) is 79.2 cm³/mol. The molecule has 1 unspecified atom stereocenters. The number of nitrogens with zero attached hydrogens (tertiary/aromatic N) is 2. The third kappa shape index (κ3) is 4.14. The number of hydrogen-bond donors (Lipinski definition) is 1. The summed E-state index contributed by atoms with van der Waals surface area (Å²) >= 11 is 0. The summed E-state index contributed by atoms with van der Waals surface area (Å²) in [6, 6.07) is 7.86. The Labute approximate surface area is 132 Å². The molecular formula is C16H17FN2O4. The molecule has 1 saturated heterocycles. The van der Waals surface area contributed by atoms with Crippen LogP contribution in [0.3, 0.4) is 0 Å². The van der Waals surface area contributed by atoms with Gasteiger partial charge in [-0.25, -0.2) is 4.39 Å². The Balaban J connectivity index is 1.62. The largest absolute Gasteiger partial charge is 0.481 e. The highest BCUT2D eigenvalue weighted by molar-refractivity contribution is 5.67. The third-order valence-electron chi connectivity index (χ3n) is 3.70. The Kier molecular flexibility index (Phi) is 4.68. The van der Waals surface area contributed by atoms with Crippen molar-refractivity contribution in [3.8, 4) is 11.3 Å². The van der Waals surface area contributed by atoms with Crippen molar-refractivity contribution in [1.29, 1.82) is 0 Å². The molecule has 1 atom stereocenters. The number of aromatic nitrogens is 1. The van der Waals surface area contributed by atoms with Crippen LogP contribution in [0.5, 0.6) is 0 Å². The SMILES string of the molecule is O=C(O)CC1CN(Cc2cc(-c3ccc(F)cc3)no2)CCO1. The van der Waals surface area contributed by atoms with E-state index in [1.165, 1.54) is 12.1 Å². The van der Waals surface area contributed by atoms with Gasteiger partial charge in [-0.1, -0.05) is 5.16 Å². The van der Waals surface area contributed by atoms with Crippen LogP contribution in [-0.2, 0) is 16.1 Å². The van der Waals surface area contributed by atoms with Gasteiger partial charge in [0.05, 0.1) is 25.7 Å². The molecule has 0 radical (unpaired) electrons. The molecule has 1 aliphatic heterocycles. The van der Waals surface area contributed by atoms with Gasteiger partial charge in [0.2, 0.25) is 0 Å². The molecule has 2 aromatic rings. The number of ether oxygens (including phenoxy) is 1. The van der Waals surface area contributed by atoms with Gasteiger partial charge in [0.1, 0.15) is 11.5 Å². The molecular weight excluding hydrogens is 303 g/mol. The quantitative estimate of drug-likeness (QED) is 0.910. The number of rotatable bonds is 5. The Hall–Kier alpha value is -2.25. The molecule has 1 aromatic carbocycles. The van der Waals surface area contributed by atoms with Gasteiger partial charge in [-0.2, -0.15) is 0 Å². The summed E-state index contributed by atoms with van der Waals surface area (Å²) in [7, 11) is 0. The van der Waals surface area contributed by atoms with Crippen molar-refractivity contribution in [3.05, 3.63) is 41.9 Å². The predicted octanol–water partition coefficient (Wildman–Crippen LogP) is 2.16. The number of carboxylic acid groups (broad SMARTS) is 1. The molecule has 0 saturated carbocycles. The van der Waals surface area contributed by atoms with Gasteiger partial charge in [0, 0.05) is 24.7 Å². The van der Waals surface area contributed by atoms with Gasteiger partial charge >= 0.3 is 5.97 Å². The first kappa shape index (κ1) is 15.6. The summed E-state index contributed by atoms with van der Waals surface area (Å²) in [5.41, 5.74) is 1.43. The smallest absolute Gasteiger partial charge is 0.306 e.